The fourth-order valence-electron chi connectivity index (χ4n) is 5.50. The van der Waals surface area contributed by atoms with Crippen molar-refractivity contribution in [1.29, 1.82) is 0 Å². The molecule has 0 radical (unpaired) electrons. The average molecular weight is 491 g/mol. The minimum Gasteiger partial charge on any atom is -0.352 e. The Labute approximate surface area is 217 Å². The van der Waals surface area contributed by atoms with Crippen molar-refractivity contribution in [1.82, 2.24) is 24.8 Å². The zero-order valence-corrected chi connectivity index (χ0v) is 22.9. The molecule has 2 aromatic heterocycles. The van der Waals surface area contributed by atoms with Gasteiger partial charge in [-0.25, -0.2) is 4.98 Å². The normalized spacial score (nSPS) is 15.6. The molecule has 0 aliphatic heterocycles. The van der Waals surface area contributed by atoms with Gasteiger partial charge in [0.05, 0.1) is 0 Å². The largest absolute Gasteiger partial charge is 0.352 e. The molecule has 1 fully saturated rings. The number of anilines is 1. The SMILES string of the molecule is CCCC(C)Nc1ncc2c(-c3ccc(CNCCN(CC)CC)cc3)cn(C3CCCCC3)c2n1. The molecule has 1 saturated carbocycles. The lowest BCUT2D eigenvalue weighted by Crippen LogP contribution is -2.31. The third kappa shape index (κ3) is 6.65. The van der Waals surface area contributed by atoms with Gasteiger partial charge in [0.2, 0.25) is 5.95 Å². The van der Waals surface area contributed by atoms with Crippen LogP contribution in [0.15, 0.2) is 36.7 Å². The maximum Gasteiger partial charge on any atom is 0.224 e. The molecule has 1 aromatic carbocycles. The Morgan fingerprint density at radius 1 is 1.06 bits per heavy atom. The first-order valence-corrected chi connectivity index (χ1v) is 14.3. The lowest BCUT2D eigenvalue weighted by Gasteiger charge is -2.24. The number of nitrogens with one attached hydrogen (secondary N) is 2. The van der Waals surface area contributed by atoms with Gasteiger partial charge in [0.25, 0.3) is 0 Å². The quantitative estimate of drug-likeness (QED) is 0.263. The second kappa shape index (κ2) is 13.2. The zero-order valence-electron chi connectivity index (χ0n) is 22.9. The van der Waals surface area contributed by atoms with Gasteiger partial charge in [-0.3, -0.25) is 0 Å². The van der Waals surface area contributed by atoms with E-state index in [1.807, 2.05) is 6.20 Å². The van der Waals surface area contributed by atoms with Crippen molar-refractivity contribution in [2.75, 3.05) is 31.5 Å². The van der Waals surface area contributed by atoms with E-state index in [1.165, 1.54) is 48.8 Å². The summed E-state index contributed by atoms with van der Waals surface area (Å²) in [5.41, 5.74) is 4.87. The number of nitrogens with zero attached hydrogens (tertiary/aromatic N) is 4. The summed E-state index contributed by atoms with van der Waals surface area (Å²) >= 11 is 0. The fraction of sp³-hybridized carbons (Fsp3) is 0.600. The van der Waals surface area contributed by atoms with Crippen molar-refractivity contribution in [3.63, 3.8) is 0 Å². The highest BCUT2D eigenvalue weighted by molar-refractivity contribution is 5.94. The number of rotatable bonds is 13. The Hall–Kier alpha value is -2.44. The van der Waals surface area contributed by atoms with E-state index >= 15 is 0 Å². The van der Waals surface area contributed by atoms with Crippen LogP contribution in [0.25, 0.3) is 22.2 Å². The summed E-state index contributed by atoms with van der Waals surface area (Å²) in [4.78, 5) is 12.2. The summed E-state index contributed by atoms with van der Waals surface area (Å²) in [5.74, 6) is 0.747. The molecule has 4 rings (SSSR count). The molecule has 1 atom stereocenters. The van der Waals surface area contributed by atoms with Crippen LogP contribution < -0.4 is 10.6 Å². The maximum absolute atomic E-state index is 5.04. The molecule has 0 bridgehead atoms. The second-order valence-corrected chi connectivity index (χ2v) is 10.4. The average Bonchev–Trinajstić information content (AvgIpc) is 3.28. The van der Waals surface area contributed by atoms with Crippen LogP contribution in [0.4, 0.5) is 5.95 Å². The third-order valence-electron chi connectivity index (χ3n) is 7.73. The van der Waals surface area contributed by atoms with Gasteiger partial charge in [-0.05, 0) is 50.4 Å². The molecule has 2 heterocycles. The monoisotopic (exact) mass is 490 g/mol. The highest BCUT2D eigenvalue weighted by Crippen LogP contribution is 2.36. The maximum atomic E-state index is 5.04. The van der Waals surface area contributed by atoms with Crippen molar-refractivity contribution < 1.29 is 0 Å². The van der Waals surface area contributed by atoms with Crippen LogP contribution in [-0.4, -0.2) is 51.7 Å². The number of hydrogen-bond donors (Lipinski definition) is 2. The van der Waals surface area contributed by atoms with Crippen LogP contribution in [-0.2, 0) is 6.54 Å². The molecule has 2 N–H and O–H groups in total. The number of likely N-dealkylation sites (N-methyl/N-ethyl adjacent to an activating group) is 1. The van der Waals surface area contributed by atoms with E-state index in [4.69, 9.17) is 9.97 Å². The van der Waals surface area contributed by atoms with E-state index in [0.717, 1.165) is 62.5 Å². The van der Waals surface area contributed by atoms with Crippen LogP contribution in [0.5, 0.6) is 0 Å². The number of fused-ring (bicyclic) bond motifs is 1. The number of benzene rings is 1. The third-order valence-corrected chi connectivity index (χ3v) is 7.73. The van der Waals surface area contributed by atoms with Crippen molar-refractivity contribution >= 4 is 17.0 Å². The van der Waals surface area contributed by atoms with E-state index in [-0.39, 0.29) is 0 Å². The van der Waals surface area contributed by atoms with Crippen LogP contribution in [0.3, 0.4) is 0 Å². The molecular weight excluding hydrogens is 444 g/mol. The van der Waals surface area contributed by atoms with E-state index < -0.39 is 0 Å². The first-order valence-electron chi connectivity index (χ1n) is 14.3. The van der Waals surface area contributed by atoms with Gasteiger partial charge in [-0.1, -0.05) is 70.7 Å². The van der Waals surface area contributed by atoms with Crippen molar-refractivity contribution in [3.8, 4) is 11.1 Å². The van der Waals surface area contributed by atoms with E-state index in [2.05, 4.69) is 78.3 Å². The topological polar surface area (TPSA) is 58.0 Å². The molecule has 1 unspecified atom stereocenters. The summed E-state index contributed by atoms with van der Waals surface area (Å²) in [5, 5.41) is 8.26. The van der Waals surface area contributed by atoms with E-state index in [9.17, 15) is 0 Å². The standard InChI is InChI=1S/C30H46N6/c1-5-11-23(4)33-30-32-21-27-28(22-36(29(27)34-30)26-12-9-8-10-13-26)25-16-14-24(15-17-25)20-31-18-19-35(6-2)7-3/h14-17,21-23,26,31H,5-13,18-20H2,1-4H3,(H,32,33,34). The van der Waals surface area contributed by atoms with Crippen LogP contribution in [0, 0.1) is 0 Å². The van der Waals surface area contributed by atoms with Crippen LogP contribution in [0.2, 0.25) is 0 Å². The smallest absolute Gasteiger partial charge is 0.224 e. The first-order chi connectivity index (χ1) is 17.6. The summed E-state index contributed by atoms with van der Waals surface area (Å²) in [6.07, 6.45) is 13.1. The van der Waals surface area contributed by atoms with E-state index in [1.54, 1.807) is 0 Å². The molecule has 6 heteroatoms. The predicted octanol–water partition coefficient (Wildman–Crippen LogP) is 6.64. The molecule has 0 saturated heterocycles. The van der Waals surface area contributed by atoms with Gasteiger partial charge in [0.15, 0.2) is 0 Å². The molecule has 1 aliphatic rings. The Morgan fingerprint density at radius 3 is 2.50 bits per heavy atom. The minimum atomic E-state index is 0.373. The van der Waals surface area contributed by atoms with Gasteiger partial charge < -0.3 is 20.1 Å². The Bertz CT molecular complexity index is 1060. The molecule has 0 amide bonds. The lowest BCUT2D eigenvalue weighted by atomic mass is 9.95. The number of aromatic nitrogens is 3. The molecular formula is C30H46N6. The van der Waals surface area contributed by atoms with Crippen LogP contribution in [0.1, 0.15) is 84.2 Å². The molecule has 0 spiro atoms. The Kier molecular flexibility index (Phi) is 9.76. The summed E-state index contributed by atoms with van der Waals surface area (Å²) in [6, 6.07) is 9.94. The summed E-state index contributed by atoms with van der Waals surface area (Å²) in [6.45, 7) is 14.1. The molecule has 1 aliphatic carbocycles. The Balaban J connectivity index is 1.54. The molecule has 6 nitrogen and oxygen atoms in total. The van der Waals surface area contributed by atoms with E-state index in [0.29, 0.717) is 12.1 Å². The summed E-state index contributed by atoms with van der Waals surface area (Å²) in [7, 11) is 0. The van der Waals surface area contributed by atoms with Crippen molar-refractivity contribution in [2.45, 2.75) is 91.3 Å². The summed E-state index contributed by atoms with van der Waals surface area (Å²) < 4.78 is 2.45. The van der Waals surface area contributed by atoms with Crippen LogP contribution >= 0.6 is 0 Å². The van der Waals surface area contributed by atoms with Gasteiger partial charge in [0, 0.05) is 55.1 Å². The predicted molar refractivity (Wildman–Crippen MR) is 153 cm³/mol. The van der Waals surface area contributed by atoms with Gasteiger partial charge in [-0.2, -0.15) is 4.98 Å². The minimum absolute atomic E-state index is 0.373. The number of hydrogen-bond acceptors (Lipinski definition) is 5. The molecule has 196 valence electrons. The molecule has 3 aromatic rings. The molecule has 36 heavy (non-hydrogen) atoms. The highest BCUT2D eigenvalue weighted by Gasteiger charge is 2.21. The van der Waals surface area contributed by atoms with Crippen molar-refractivity contribution in [2.24, 2.45) is 0 Å². The van der Waals surface area contributed by atoms with Gasteiger partial charge in [0.1, 0.15) is 5.65 Å². The van der Waals surface area contributed by atoms with Crippen molar-refractivity contribution in [3.05, 3.63) is 42.2 Å². The van der Waals surface area contributed by atoms with Gasteiger partial charge >= 0.3 is 0 Å². The second-order valence-electron chi connectivity index (χ2n) is 10.4. The lowest BCUT2D eigenvalue weighted by molar-refractivity contribution is 0.302. The fourth-order valence-corrected chi connectivity index (χ4v) is 5.50. The zero-order chi connectivity index (χ0) is 25.3. The highest BCUT2D eigenvalue weighted by atomic mass is 15.2. The van der Waals surface area contributed by atoms with Gasteiger partial charge in [-0.15, -0.1) is 0 Å². The first kappa shape index (κ1) is 26.6. The Morgan fingerprint density at radius 2 is 1.81 bits per heavy atom.